The number of anilines is 1. The van der Waals surface area contributed by atoms with Crippen molar-refractivity contribution in [1.82, 2.24) is 10.3 Å². The molecule has 0 bridgehead atoms. The fourth-order valence-electron chi connectivity index (χ4n) is 3.84. The maximum absolute atomic E-state index is 13.5. The number of hydrogen-bond acceptors (Lipinski definition) is 5. The van der Waals surface area contributed by atoms with Crippen molar-refractivity contribution in [3.8, 4) is 6.07 Å². The number of ketones is 1. The highest BCUT2D eigenvalue weighted by Gasteiger charge is 2.41. The fourth-order valence-corrected chi connectivity index (χ4v) is 5.46. The standard InChI is InChI=1S/C28H35ClN4O3Si/c1-17-22(10-9-21(15-30)25(17)29)33-26(18(2)36-37(6,7)28(3,4)5)24(34)16-32-27(35)20-8-11-23-19(14-20)12-13-31-23/h8-14,18,26,31,33H,16H2,1-7H3,(H,32,35)/t18-,26+/m0/s1. The third-order valence-corrected chi connectivity index (χ3v) is 12.2. The summed E-state index contributed by atoms with van der Waals surface area (Å²) in [7, 11) is -2.20. The van der Waals surface area contributed by atoms with Crippen LogP contribution >= 0.6 is 11.6 Å². The molecule has 0 unspecified atom stereocenters. The Morgan fingerprint density at radius 2 is 1.89 bits per heavy atom. The number of nitriles is 1. The normalized spacial score (nSPS) is 13.6. The minimum atomic E-state index is -2.20. The van der Waals surface area contributed by atoms with Gasteiger partial charge in [0.2, 0.25) is 0 Å². The second kappa shape index (κ2) is 11.1. The van der Waals surface area contributed by atoms with Crippen molar-refractivity contribution >= 4 is 48.2 Å². The van der Waals surface area contributed by atoms with Crippen LogP contribution in [-0.2, 0) is 9.22 Å². The highest BCUT2D eigenvalue weighted by molar-refractivity contribution is 6.74. The number of halogens is 1. The van der Waals surface area contributed by atoms with E-state index in [0.717, 1.165) is 10.9 Å². The number of Topliss-reactive ketones (excluding diaryl/α,β-unsaturated/α-hetero) is 1. The van der Waals surface area contributed by atoms with E-state index in [9.17, 15) is 14.9 Å². The number of hydrogen-bond donors (Lipinski definition) is 3. The van der Waals surface area contributed by atoms with Crippen molar-refractivity contribution < 1.29 is 14.0 Å². The molecule has 3 N–H and O–H groups in total. The van der Waals surface area contributed by atoms with Crippen LogP contribution in [0.4, 0.5) is 5.69 Å². The van der Waals surface area contributed by atoms with E-state index in [0.29, 0.717) is 27.4 Å². The molecular formula is C28H35ClN4O3Si. The van der Waals surface area contributed by atoms with Gasteiger partial charge in [0.1, 0.15) is 12.1 Å². The average molecular weight is 539 g/mol. The van der Waals surface area contributed by atoms with Crippen LogP contribution in [0.15, 0.2) is 42.6 Å². The van der Waals surface area contributed by atoms with Crippen LogP contribution < -0.4 is 10.6 Å². The zero-order valence-electron chi connectivity index (χ0n) is 22.5. The molecule has 1 amide bonds. The Morgan fingerprint density at radius 1 is 1.19 bits per heavy atom. The molecule has 3 aromatic rings. The van der Waals surface area contributed by atoms with Gasteiger partial charge in [0.15, 0.2) is 14.1 Å². The third-order valence-electron chi connectivity index (χ3n) is 7.16. The lowest BCUT2D eigenvalue weighted by atomic mass is 10.0. The number of rotatable bonds is 9. The van der Waals surface area contributed by atoms with E-state index in [-0.39, 0.29) is 23.3 Å². The van der Waals surface area contributed by atoms with Crippen molar-refractivity contribution in [2.45, 2.75) is 64.9 Å². The van der Waals surface area contributed by atoms with Crippen LogP contribution in [0.2, 0.25) is 23.2 Å². The molecule has 7 nitrogen and oxygen atoms in total. The number of carbonyl (C=O) groups excluding carboxylic acids is 2. The molecule has 0 fully saturated rings. The predicted octanol–water partition coefficient (Wildman–Crippen LogP) is 6.19. The number of H-pyrrole nitrogens is 1. The fraction of sp³-hybridized carbons (Fsp3) is 0.393. The number of benzene rings is 2. The van der Waals surface area contributed by atoms with Crippen LogP contribution in [0.1, 0.15) is 49.2 Å². The number of aromatic nitrogens is 1. The zero-order valence-corrected chi connectivity index (χ0v) is 24.2. The van der Waals surface area contributed by atoms with E-state index >= 15 is 0 Å². The van der Waals surface area contributed by atoms with E-state index in [1.807, 2.05) is 25.3 Å². The Labute approximate surface area is 224 Å². The van der Waals surface area contributed by atoms with Crippen molar-refractivity contribution in [1.29, 1.82) is 5.26 Å². The predicted molar refractivity (Wildman–Crippen MR) is 152 cm³/mol. The van der Waals surface area contributed by atoms with Crippen LogP contribution in [0, 0.1) is 18.3 Å². The SMILES string of the molecule is Cc1c(N[C@@H](C(=O)CNC(=O)c2ccc3[nH]ccc3c2)[C@H](C)O[Si](C)(C)C(C)(C)C)ccc(C#N)c1Cl. The molecule has 3 rings (SSSR count). The monoisotopic (exact) mass is 538 g/mol. The molecule has 0 aliphatic carbocycles. The van der Waals surface area contributed by atoms with E-state index < -0.39 is 20.5 Å². The highest BCUT2D eigenvalue weighted by Crippen LogP contribution is 2.38. The summed E-state index contributed by atoms with van der Waals surface area (Å²) >= 11 is 6.38. The van der Waals surface area contributed by atoms with Crippen molar-refractivity contribution in [3.05, 3.63) is 64.3 Å². The number of amides is 1. The molecule has 0 saturated heterocycles. The summed E-state index contributed by atoms with van der Waals surface area (Å²) in [6.45, 7) is 14.2. The first-order valence-electron chi connectivity index (χ1n) is 12.3. The molecule has 0 spiro atoms. The zero-order chi connectivity index (χ0) is 27.5. The Morgan fingerprint density at radius 3 is 2.54 bits per heavy atom. The largest absolute Gasteiger partial charge is 0.412 e. The number of nitrogens with one attached hydrogen (secondary N) is 3. The lowest BCUT2D eigenvalue weighted by Gasteiger charge is -2.40. The summed E-state index contributed by atoms with van der Waals surface area (Å²) in [4.78, 5) is 29.4. The molecule has 196 valence electrons. The molecular weight excluding hydrogens is 504 g/mol. The van der Waals surface area contributed by atoms with Gasteiger partial charge in [-0.15, -0.1) is 0 Å². The number of nitrogens with zero attached hydrogens (tertiary/aromatic N) is 1. The summed E-state index contributed by atoms with van der Waals surface area (Å²) in [5, 5.41) is 16.6. The smallest absolute Gasteiger partial charge is 0.251 e. The van der Waals surface area contributed by atoms with E-state index in [1.54, 1.807) is 31.2 Å². The maximum Gasteiger partial charge on any atom is 0.251 e. The Bertz CT molecular complexity index is 1350. The second-order valence-electron chi connectivity index (χ2n) is 10.8. The molecule has 0 radical (unpaired) electrons. The van der Waals surface area contributed by atoms with Gasteiger partial charge in [-0.3, -0.25) is 9.59 Å². The summed E-state index contributed by atoms with van der Waals surface area (Å²) in [6.07, 6.45) is 1.34. The van der Waals surface area contributed by atoms with E-state index in [1.165, 1.54) is 0 Å². The molecule has 0 saturated carbocycles. The first kappa shape index (κ1) is 28.4. The van der Waals surface area contributed by atoms with Crippen molar-refractivity contribution in [2.24, 2.45) is 0 Å². The Hall–Kier alpha value is -3.12. The number of carbonyl (C=O) groups is 2. The van der Waals surface area contributed by atoms with Gasteiger partial charge in [0.25, 0.3) is 5.91 Å². The van der Waals surface area contributed by atoms with Gasteiger partial charge in [-0.1, -0.05) is 32.4 Å². The van der Waals surface area contributed by atoms with Crippen LogP contribution in [0.5, 0.6) is 0 Å². The molecule has 0 aliphatic rings. The van der Waals surface area contributed by atoms with Crippen molar-refractivity contribution in [2.75, 3.05) is 11.9 Å². The topological polar surface area (TPSA) is 107 Å². The van der Waals surface area contributed by atoms with Gasteiger partial charge in [-0.2, -0.15) is 5.26 Å². The van der Waals surface area contributed by atoms with Gasteiger partial charge in [-0.25, -0.2) is 0 Å². The number of fused-ring (bicyclic) bond motifs is 1. The molecule has 2 aromatic carbocycles. The Kier molecular flexibility index (Phi) is 8.53. The summed E-state index contributed by atoms with van der Waals surface area (Å²) < 4.78 is 6.56. The van der Waals surface area contributed by atoms with Gasteiger partial charge in [-0.05, 0) is 73.9 Å². The summed E-state index contributed by atoms with van der Waals surface area (Å²) in [5.74, 6) is -0.548. The summed E-state index contributed by atoms with van der Waals surface area (Å²) in [5.41, 5.74) is 3.08. The molecule has 9 heteroatoms. The quantitative estimate of drug-likeness (QED) is 0.281. The first-order chi connectivity index (χ1) is 17.2. The minimum absolute atomic E-state index is 0.0480. The second-order valence-corrected chi connectivity index (χ2v) is 16.0. The van der Waals surface area contributed by atoms with Gasteiger partial charge in [0, 0.05) is 28.4 Å². The maximum atomic E-state index is 13.5. The van der Waals surface area contributed by atoms with Crippen molar-refractivity contribution in [3.63, 3.8) is 0 Å². The van der Waals surface area contributed by atoms with Crippen LogP contribution in [0.25, 0.3) is 10.9 Å². The average Bonchev–Trinajstić information content (AvgIpc) is 3.30. The molecule has 1 aromatic heterocycles. The Balaban J connectivity index is 1.83. The third kappa shape index (κ3) is 6.42. The lowest BCUT2D eigenvalue weighted by molar-refractivity contribution is -0.120. The minimum Gasteiger partial charge on any atom is -0.412 e. The van der Waals surface area contributed by atoms with Gasteiger partial charge in [0.05, 0.1) is 23.2 Å². The van der Waals surface area contributed by atoms with Crippen LogP contribution in [-0.4, -0.2) is 43.7 Å². The first-order valence-corrected chi connectivity index (χ1v) is 15.6. The molecule has 1 heterocycles. The summed E-state index contributed by atoms with van der Waals surface area (Å²) in [6, 6.07) is 11.9. The van der Waals surface area contributed by atoms with E-state index in [4.69, 9.17) is 16.0 Å². The molecule has 0 aliphatic heterocycles. The van der Waals surface area contributed by atoms with E-state index in [2.05, 4.69) is 55.6 Å². The molecule has 2 atom stereocenters. The lowest BCUT2D eigenvalue weighted by Crippen LogP contribution is -2.51. The number of aromatic amines is 1. The van der Waals surface area contributed by atoms with Crippen LogP contribution in [0.3, 0.4) is 0 Å². The molecule has 37 heavy (non-hydrogen) atoms. The van der Waals surface area contributed by atoms with Gasteiger partial charge < -0.3 is 20.0 Å². The highest BCUT2D eigenvalue weighted by atomic mass is 35.5. The van der Waals surface area contributed by atoms with Gasteiger partial charge >= 0.3 is 0 Å².